The SMILES string of the molecule is N#CC1([NH2+]CC[NH2+]C2(C#N)CCCCC2)CCCCC1. The molecule has 0 aliphatic heterocycles. The van der Waals surface area contributed by atoms with Crippen molar-refractivity contribution in [2.75, 3.05) is 13.1 Å². The van der Waals surface area contributed by atoms with E-state index in [4.69, 9.17) is 0 Å². The van der Waals surface area contributed by atoms with Crippen LogP contribution in [0.1, 0.15) is 64.2 Å². The van der Waals surface area contributed by atoms with Crippen molar-refractivity contribution < 1.29 is 10.6 Å². The van der Waals surface area contributed by atoms with Crippen molar-refractivity contribution in [3.05, 3.63) is 0 Å². The van der Waals surface area contributed by atoms with E-state index < -0.39 is 0 Å². The van der Waals surface area contributed by atoms with Gasteiger partial charge in [0.15, 0.2) is 11.1 Å². The Morgan fingerprint density at radius 3 is 1.30 bits per heavy atom. The van der Waals surface area contributed by atoms with Crippen LogP contribution in [-0.2, 0) is 0 Å². The van der Waals surface area contributed by atoms with Gasteiger partial charge in [0.05, 0.1) is 0 Å². The van der Waals surface area contributed by atoms with Crippen molar-refractivity contribution in [2.24, 2.45) is 0 Å². The summed E-state index contributed by atoms with van der Waals surface area (Å²) in [6.45, 7) is 1.91. The van der Waals surface area contributed by atoms with Crippen LogP contribution >= 0.6 is 0 Å². The van der Waals surface area contributed by atoms with Gasteiger partial charge in [-0.15, -0.1) is 0 Å². The molecule has 0 spiro atoms. The van der Waals surface area contributed by atoms with Gasteiger partial charge < -0.3 is 10.6 Å². The fraction of sp³-hybridized carbons (Fsp3) is 0.875. The Morgan fingerprint density at radius 2 is 1.00 bits per heavy atom. The van der Waals surface area contributed by atoms with Gasteiger partial charge in [-0.1, -0.05) is 12.8 Å². The molecule has 0 aromatic carbocycles. The van der Waals surface area contributed by atoms with Crippen molar-refractivity contribution in [2.45, 2.75) is 75.3 Å². The molecule has 0 heterocycles. The summed E-state index contributed by atoms with van der Waals surface area (Å²) < 4.78 is 0. The van der Waals surface area contributed by atoms with Crippen molar-refractivity contribution in [1.29, 1.82) is 10.5 Å². The third kappa shape index (κ3) is 3.72. The van der Waals surface area contributed by atoms with Gasteiger partial charge in [0.25, 0.3) is 0 Å². The summed E-state index contributed by atoms with van der Waals surface area (Å²) in [5.74, 6) is 0. The number of hydrogen-bond donors (Lipinski definition) is 2. The van der Waals surface area contributed by atoms with Crippen LogP contribution in [0.5, 0.6) is 0 Å². The molecule has 2 fully saturated rings. The topological polar surface area (TPSA) is 80.8 Å². The molecule has 2 rings (SSSR count). The van der Waals surface area contributed by atoms with E-state index in [0.717, 1.165) is 38.8 Å². The molecule has 2 aliphatic rings. The molecule has 2 aliphatic carbocycles. The molecular weight excluding hydrogens is 248 g/mol. The van der Waals surface area contributed by atoms with E-state index in [0.29, 0.717) is 0 Å². The lowest BCUT2D eigenvalue weighted by Gasteiger charge is -2.30. The average Bonchev–Trinajstić information content (AvgIpc) is 2.53. The van der Waals surface area contributed by atoms with Gasteiger partial charge in [0.2, 0.25) is 0 Å². The van der Waals surface area contributed by atoms with E-state index in [1.165, 1.54) is 38.5 Å². The van der Waals surface area contributed by atoms with E-state index in [9.17, 15) is 10.5 Å². The molecule has 2 saturated carbocycles. The number of rotatable bonds is 5. The highest BCUT2D eigenvalue weighted by atomic mass is 15.0. The van der Waals surface area contributed by atoms with E-state index in [-0.39, 0.29) is 11.1 Å². The molecule has 0 saturated heterocycles. The standard InChI is InChI=1S/C16H26N4/c17-13-15(7-3-1-4-8-15)19-11-12-20-16(14-18)9-5-2-6-10-16/h19-20H,1-12H2/p+2. The van der Waals surface area contributed by atoms with E-state index in [1.54, 1.807) is 0 Å². The molecule has 4 nitrogen and oxygen atoms in total. The Balaban J connectivity index is 1.75. The monoisotopic (exact) mass is 276 g/mol. The Kier molecular flexibility index (Phi) is 5.40. The molecule has 0 unspecified atom stereocenters. The van der Waals surface area contributed by atoms with Gasteiger partial charge in [0, 0.05) is 25.7 Å². The van der Waals surface area contributed by atoms with Gasteiger partial charge in [-0.25, -0.2) is 0 Å². The Labute approximate surface area is 122 Å². The molecule has 0 aromatic heterocycles. The van der Waals surface area contributed by atoms with Crippen LogP contribution in [0.2, 0.25) is 0 Å². The first-order valence-electron chi connectivity index (χ1n) is 8.26. The predicted octanol–water partition coefficient (Wildman–Crippen LogP) is 0.566. The summed E-state index contributed by atoms with van der Waals surface area (Å²) in [6.07, 6.45) is 11.5. The van der Waals surface area contributed by atoms with Crippen LogP contribution < -0.4 is 10.6 Å². The minimum atomic E-state index is -0.168. The first kappa shape index (κ1) is 15.3. The van der Waals surface area contributed by atoms with Crippen LogP contribution in [0, 0.1) is 22.7 Å². The Morgan fingerprint density at radius 1 is 0.650 bits per heavy atom. The maximum atomic E-state index is 9.44. The molecule has 4 N–H and O–H groups in total. The summed E-state index contributed by atoms with van der Waals surface area (Å²) in [5, 5.41) is 23.4. The van der Waals surface area contributed by atoms with Crippen LogP contribution in [0.3, 0.4) is 0 Å². The van der Waals surface area contributed by atoms with Crippen LogP contribution in [0.25, 0.3) is 0 Å². The van der Waals surface area contributed by atoms with Gasteiger partial charge >= 0.3 is 0 Å². The van der Waals surface area contributed by atoms with Crippen LogP contribution in [0.4, 0.5) is 0 Å². The lowest BCUT2D eigenvalue weighted by molar-refractivity contribution is -0.779. The average molecular weight is 276 g/mol. The Hall–Kier alpha value is -1.10. The third-order valence-electron chi connectivity index (χ3n) is 5.17. The largest absolute Gasteiger partial charge is 0.325 e. The molecule has 0 bridgehead atoms. The van der Waals surface area contributed by atoms with E-state index in [1.807, 2.05) is 0 Å². The predicted molar refractivity (Wildman–Crippen MR) is 76.4 cm³/mol. The molecule has 110 valence electrons. The summed E-state index contributed by atoms with van der Waals surface area (Å²) >= 11 is 0. The van der Waals surface area contributed by atoms with E-state index in [2.05, 4.69) is 22.8 Å². The number of hydrogen-bond acceptors (Lipinski definition) is 2. The molecule has 0 atom stereocenters. The van der Waals surface area contributed by atoms with Gasteiger partial charge in [-0.05, 0) is 25.7 Å². The van der Waals surface area contributed by atoms with Crippen molar-refractivity contribution >= 4 is 0 Å². The minimum Gasteiger partial charge on any atom is -0.325 e. The van der Waals surface area contributed by atoms with Crippen molar-refractivity contribution in [3.63, 3.8) is 0 Å². The fourth-order valence-corrected chi connectivity index (χ4v) is 3.81. The smallest absolute Gasteiger partial charge is 0.183 e. The second kappa shape index (κ2) is 7.07. The molecule has 0 aromatic rings. The lowest BCUT2D eigenvalue weighted by atomic mass is 9.82. The summed E-state index contributed by atoms with van der Waals surface area (Å²) in [7, 11) is 0. The highest BCUT2D eigenvalue weighted by Gasteiger charge is 2.37. The fourth-order valence-electron chi connectivity index (χ4n) is 3.81. The van der Waals surface area contributed by atoms with Gasteiger partial charge in [-0.2, -0.15) is 10.5 Å². The van der Waals surface area contributed by atoms with Gasteiger partial charge in [-0.3, -0.25) is 0 Å². The Bertz CT molecular complexity index is 340. The molecule has 20 heavy (non-hydrogen) atoms. The summed E-state index contributed by atoms with van der Waals surface area (Å²) in [4.78, 5) is 0. The molecular formula is C16H28N4+2. The zero-order chi connectivity index (χ0) is 14.3. The molecule has 0 radical (unpaired) electrons. The minimum absolute atomic E-state index is 0.168. The highest BCUT2D eigenvalue weighted by Crippen LogP contribution is 2.24. The van der Waals surface area contributed by atoms with Gasteiger partial charge in [0.1, 0.15) is 25.2 Å². The van der Waals surface area contributed by atoms with Crippen LogP contribution in [-0.4, -0.2) is 24.2 Å². The number of nitrogens with two attached hydrogens (primary N) is 2. The zero-order valence-electron chi connectivity index (χ0n) is 12.5. The lowest BCUT2D eigenvalue weighted by Crippen LogP contribution is -3.05. The maximum Gasteiger partial charge on any atom is 0.183 e. The maximum absolute atomic E-state index is 9.44. The normalized spacial score (nSPS) is 24.5. The summed E-state index contributed by atoms with van der Waals surface area (Å²) in [6, 6.07) is 5.09. The quantitative estimate of drug-likeness (QED) is 0.720. The zero-order valence-corrected chi connectivity index (χ0v) is 12.5. The first-order chi connectivity index (χ1) is 9.74. The third-order valence-corrected chi connectivity index (χ3v) is 5.17. The van der Waals surface area contributed by atoms with Crippen LogP contribution in [0.15, 0.2) is 0 Å². The second-order valence-electron chi connectivity index (χ2n) is 6.64. The van der Waals surface area contributed by atoms with Crippen molar-refractivity contribution in [1.82, 2.24) is 0 Å². The summed E-state index contributed by atoms with van der Waals surface area (Å²) in [5.41, 5.74) is -0.336. The first-order valence-corrected chi connectivity index (χ1v) is 8.26. The number of nitrogens with zero attached hydrogens (tertiary/aromatic N) is 2. The van der Waals surface area contributed by atoms with E-state index >= 15 is 0 Å². The number of nitriles is 2. The highest BCUT2D eigenvalue weighted by molar-refractivity contribution is 5.01. The van der Waals surface area contributed by atoms with Crippen molar-refractivity contribution in [3.8, 4) is 12.1 Å². The number of quaternary nitrogens is 2. The second-order valence-corrected chi connectivity index (χ2v) is 6.64. The molecule has 4 heteroatoms. The molecule has 0 amide bonds.